The number of carboxylic acids is 1. The Morgan fingerprint density at radius 3 is 2.67 bits per heavy atom. The summed E-state index contributed by atoms with van der Waals surface area (Å²) in [6, 6.07) is 11.6. The summed E-state index contributed by atoms with van der Waals surface area (Å²) in [5.41, 5.74) is 6.05. The number of hydrogen-bond acceptors (Lipinski definition) is 8. The van der Waals surface area contributed by atoms with Crippen molar-refractivity contribution in [1.29, 1.82) is 0 Å². The monoisotopic (exact) mass is 603 g/mol. The number of carbonyl (C=O) groups excluding carboxylic acids is 1. The van der Waals surface area contributed by atoms with E-state index in [4.69, 9.17) is 26.9 Å². The molecule has 0 aliphatic carbocycles. The molecule has 220 valence electrons. The lowest BCUT2D eigenvalue weighted by atomic mass is 9.84. The first-order valence-electron chi connectivity index (χ1n) is 13.4. The van der Waals surface area contributed by atoms with Crippen LogP contribution >= 0.6 is 11.6 Å². The lowest BCUT2D eigenvalue weighted by Crippen LogP contribution is -2.33. The number of anilines is 2. The molecule has 0 bridgehead atoms. The molecular formula is C30H27ClFN7O4. The van der Waals surface area contributed by atoms with Gasteiger partial charge in [-0.15, -0.1) is 0 Å². The number of fused-ring (bicyclic) bond motifs is 2. The Morgan fingerprint density at radius 1 is 1.21 bits per heavy atom. The number of carboxylic acid groups (broad SMARTS) is 1. The summed E-state index contributed by atoms with van der Waals surface area (Å²) in [6.07, 6.45) is 0.0970. The van der Waals surface area contributed by atoms with Gasteiger partial charge in [0.25, 0.3) is 0 Å². The zero-order valence-corrected chi connectivity index (χ0v) is 24.5. The van der Waals surface area contributed by atoms with Gasteiger partial charge in [0.1, 0.15) is 28.9 Å². The molecule has 3 aromatic heterocycles. The predicted octanol–water partition coefficient (Wildman–Crippen LogP) is 5.12. The summed E-state index contributed by atoms with van der Waals surface area (Å²) in [6.45, 7) is 6.57. The van der Waals surface area contributed by atoms with Gasteiger partial charge in [-0.3, -0.25) is 14.3 Å². The number of nitrogen functional groups attached to an aromatic ring is 1. The van der Waals surface area contributed by atoms with Crippen molar-refractivity contribution in [3.8, 4) is 11.5 Å². The molecular weight excluding hydrogens is 577 g/mol. The van der Waals surface area contributed by atoms with Crippen molar-refractivity contribution < 1.29 is 23.5 Å². The number of nitrogens with two attached hydrogens (primary N) is 1. The number of nitrogens with zero attached hydrogens (tertiary/aromatic N) is 5. The number of aromatic nitrogens is 5. The maximum Gasteiger partial charge on any atom is 0.309 e. The van der Waals surface area contributed by atoms with Gasteiger partial charge < -0.3 is 20.6 Å². The number of amides is 1. The number of aliphatic carboxylic acids is 1. The van der Waals surface area contributed by atoms with Crippen molar-refractivity contribution in [3.63, 3.8) is 0 Å². The van der Waals surface area contributed by atoms with Crippen molar-refractivity contribution in [1.82, 2.24) is 24.7 Å². The van der Waals surface area contributed by atoms with Gasteiger partial charge in [0.2, 0.25) is 11.8 Å². The van der Waals surface area contributed by atoms with Gasteiger partial charge in [-0.1, -0.05) is 29.8 Å². The van der Waals surface area contributed by atoms with Crippen molar-refractivity contribution in [3.05, 3.63) is 81.8 Å². The third-order valence-corrected chi connectivity index (χ3v) is 8.07. The van der Waals surface area contributed by atoms with E-state index in [0.29, 0.717) is 38.6 Å². The largest absolute Gasteiger partial charge is 0.481 e. The van der Waals surface area contributed by atoms with Crippen LogP contribution in [0, 0.1) is 18.2 Å². The normalized spacial score (nSPS) is 16.5. The zero-order valence-electron chi connectivity index (χ0n) is 23.7. The minimum absolute atomic E-state index is 0.00915. The summed E-state index contributed by atoms with van der Waals surface area (Å²) in [7, 11) is 0. The standard InChI is InChI=1S/C30H27ClFN7O4/c1-14-19(12-29(2,3)28(41)42)34-27(43-14)30(4)21-23(33)35-25(36-24(21)37-26(30)40)22-17-10-9-16(31)11-20(17)39(38-22)13-15-7-5-6-8-18(15)32/h5-11H,12-13H2,1-4H3,(H,41,42)(H3,33,35,36,37,40). The molecule has 13 heteroatoms. The minimum atomic E-state index is -1.48. The van der Waals surface area contributed by atoms with Crippen molar-refractivity contribution in [2.75, 3.05) is 11.1 Å². The van der Waals surface area contributed by atoms with E-state index in [1.807, 2.05) is 0 Å². The Balaban J connectivity index is 1.44. The zero-order chi connectivity index (χ0) is 30.8. The van der Waals surface area contributed by atoms with Gasteiger partial charge in [0, 0.05) is 22.4 Å². The van der Waals surface area contributed by atoms with Crippen LogP contribution in [0.25, 0.3) is 22.4 Å². The van der Waals surface area contributed by atoms with Gasteiger partial charge in [0.05, 0.1) is 28.7 Å². The number of aryl methyl sites for hydroxylation is 1. The number of benzene rings is 2. The third-order valence-electron chi connectivity index (χ3n) is 7.84. The summed E-state index contributed by atoms with van der Waals surface area (Å²) >= 11 is 6.29. The maximum atomic E-state index is 14.5. The second kappa shape index (κ2) is 9.87. The molecule has 2 aromatic carbocycles. The second-order valence-electron chi connectivity index (χ2n) is 11.4. The molecule has 43 heavy (non-hydrogen) atoms. The lowest BCUT2D eigenvalue weighted by molar-refractivity contribution is -0.146. The lowest BCUT2D eigenvalue weighted by Gasteiger charge is -2.19. The average molecular weight is 604 g/mol. The quantitative estimate of drug-likeness (QED) is 0.229. The Labute approximate surface area is 249 Å². The fourth-order valence-electron chi connectivity index (χ4n) is 5.24. The minimum Gasteiger partial charge on any atom is -0.481 e. The summed E-state index contributed by atoms with van der Waals surface area (Å²) in [4.78, 5) is 38.9. The predicted molar refractivity (Wildman–Crippen MR) is 157 cm³/mol. The van der Waals surface area contributed by atoms with E-state index in [1.54, 1.807) is 68.8 Å². The van der Waals surface area contributed by atoms with E-state index >= 15 is 0 Å². The van der Waals surface area contributed by atoms with Gasteiger partial charge >= 0.3 is 5.97 Å². The fraction of sp³-hybridized carbons (Fsp3) is 0.267. The third kappa shape index (κ3) is 4.58. The second-order valence-corrected chi connectivity index (χ2v) is 11.8. The van der Waals surface area contributed by atoms with Gasteiger partial charge in [-0.25, -0.2) is 19.3 Å². The van der Waals surface area contributed by atoms with Crippen LogP contribution in [0.4, 0.5) is 16.0 Å². The Kier molecular flexibility index (Phi) is 6.49. The van der Waals surface area contributed by atoms with Crippen molar-refractivity contribution in [2.24, 2.45) is 5.41 Å². The van der Waals surface area contributed by atoms with Crippen molar-refractivity contribution in [2.45, 2.75) is 46.1 Å². The smallest absolute Gasteiger partial charge is 0.309 e. The number of carbonyl (C=O) groups is 2. The van der Waals surface area contributed by atoms with Crippen LogP contribution in [0.5, 0.6) is 0 Å². The first kappa shape index (κ1) is 28.3. The SMILES string of the molecule is Cc1oc(C2(C)C(=O)Nc3nc(-c4nn(Cc5ccccc5F)c5cc(Cl)ccc45)nc(N)c32)nc1CC(C)(C)C(=O)O. The number of oxazole rings is 1. The number of hydrogen-bond donors (Lipinski definition) is 3. The van der Waals surface area contributed by atoms with Crippen LogP contribution in [-0.2, 0) is 28.0 Å². The molecule has 0 saturated heterocycles. The molecule has 4 heterocycles. The van der Waals surface area contributed by atoms with Crippen LogP contribution in [-0.4, -0.2) is 41.7 Å². The molecule has 11 nitrogen and oxygen atoms in total. The van der Waals surface area contributed by atoms with Gasteiger partial charge in [-0.05, 0) is 52.0 Å². The van der Waals surface area contributed by atoms with E-state index in [1.165, 1.54) is 6.07 Å². The van der Waals surface area contributed by atoms with Crippen LogP contribution < -0.4 is 11.1 Å². The summed E-state index contributed by atoms with van der Waals surface area (Å²) in [5, 5.41) is 18.2. The fourth-order valence-corrected chi connectivity index (χ4v) is 5.40. The van der Waals surface area contributed by atoms with Gasteiger partial charge in [-0.2, -0.15) is 5.10 Å². The molecule has 4 N–H and O–H groups in total. The molecule has 1 aliphatic rings. The van der Waals surface area contributed by atoms with Crippen LogP contribution in [0.3, 0.4) is 0 Å². The highest BCUT2D eigenvalue weighted by atomic mass is 35.5. The van der Waals surface area contributed by atoms with Gasteiger partial charge in [0.15, 0.2) is 11.2 Å². The molecule has 6 rings (SSSR count). The Morgan fingerprint density at radius 2 is 1.95 bits per heavy atom. The number of nitrogens with one attached hydrogen (secondary N) is 1. The van der Waals surface area contributed by atoms with E-state index < -0.39 is 22.7 Å². The molecule has 1 aliphatic heterocycles. The topological polar surface area (TPSA) is 162 Å². The molecule has 1 amide bonds. The van der Waals surface area contributed by atoms with E-state index in [-0.39, 0.29) is 47.7 Å². The van der Waals surface area contributed by atoms with Crippen LogP contribution in [0.1, 0.15) is 49.2 Å². The molecule has 5 aromatic rings. The Bertz CT molecular complexity index is 1970. The molecule has 0 radical (unpaired) electrons. The van der Waals surface area contributed by atoms with Crippen LogP contribution in [0.15, 0.2) is 46.9 Å². The van der Waals surface area contributed by atoms with Crippen LogP contribution in [0.2, 0.25) is 5.02 Å². The molecule has 0 spiro atoms. The van der Waals surface area contributed by atoms with E-state index in [2.05, 4.69) is 20.3 Å². The molecule has 0 saturated carbocycles. The molecule has 1 unspecified atom stereocenters. The van der Waals surface area contributed by atoms with E-state index in [0.717, 1.165) is 0 Å². The number of halogens is 2. The average Bonchev–Trinajstić information content (AvgIpc) is 3.57. The summed E-state index contributed by atoms with van der Waals surface area (Å²) < 4.78 is 22.0. The Hall–Kier alpha value is -4.84. The van der Waals surface area contributed by atoms with E-state index in [9.17, 15) is 19.1 Å². The highest BCUT2D eigenvalue weighted by molar-refractivity contribution is 6.31. The highest BCUT2D eigenvalue weighted by Crippen LogP contribution is 2.45. The molecule has 0 fully saturated rings. The number of rotatable bonds is 7. The maximum absolute atomic E-state index is 14.5. The molecule has 1 atom stereocenters. The first-order valence-corrected chi connectivity index (χ1v) is 13.8. The van der Waals surface area contributed by atoms with Crippen molar-refractivity contribution >= 4 is 46.0 Å². The first-order chi connectivity index (χ1) is 20.3. The highest BCUT2D eigenvalue weighted by Gasteiger charge is 2.52. The summed E-state index contributed by atoms with van der Waals surface area (Å²) in [5.74, 6) is -1.06.